The van der Waals surface area contributed by atoms with E-state index in [0.29, 0.717) is 11.5 Å². The van der Waals surface area contributed by atoms with Crippen LogP contribution in [0.2, 0.25) is 0 Å². The number of nitrogens with zero attached hydrogens (tertiary/aromatic N) is 1. The Labute approximate surface area is 113 Å². The third kappa shape index (κ3) is 7.29. The number of hydrogen-bond donors (Lipinski definition) is 2. The van der Waals surface area contributed by atoms with Crippen LogP contribution >= 0.6 is 0 Å². The van der Waals surface area contributed by atoms with Gasteiger partial charge in [-0.25, -0.2) is 0 Å². The van der Waals surface area contributed by atoms with Gasteiger partial charge >= 0.3 is 12.1 Å². The average molecular weight is 298 g/mol. The summed E-state index contributed by atoms with van der Waals surface area (Å²) in [5.74, 6) is -2.06. The zero-order chi connectivity index (χ0) is 15.2. The van der Waals surface area contributed by atoms with Crippen molar-refractivity contribution in [2.45, 2.75) is 25.1 Å². The topological polar surface area (TPSA) is 78.9 Å². The molecule has 0 radical (unpaired) electrons. The summed E-state index contributed by atoms with van der Waals surface area (Å²) < 4.78 is 42.0. The zero-order valence-electron chi connectivity index (χ0n) is 10.8. The van der Waals surface area contributed by atoms with Gasteiger partial charge in [-0.2, -0.15) is 13.2 Å². The van der Waals surface area contributed by atoms with Crippen molar-refractivity contribution in [1.29, 1.82) is 0 Å². The van der Waals surface area contributed by atoms with Crippen molar-refractivity contribution in [3.8, 4) is 0 Å². The molecule has 1 aliphatic heterocycles. The Hall–Kier alpha value is -1.35. The van der Waals surface area contributed by atoms with Crippen molar-refractivity contribution in [2.24, 2.45) is 0 Å². The van der Waals surface area contributed by atoms with Crippen LogP contribution in [0, 0.1) is 0 Å². The van der Waals surface area contributed by atoms with Gasteiger partial charge in [-0.05, 0) is 12.8 Å². The summed E-state index contributed by atoms with van der Waals surface area (Å²) in [4.78, 5) is 22.5. The number of rotatable bonds is 7. The second-order valence-electron chi connectivity index (χ2n) is 4.59. The van der Waals surface area contributed by atoms with Crippen LogP contribution in [-0.4, -0.2) is 66.9 Å². The Kier molecular flexibility index (Phi) is 6.21. The molecule has 0 saturated carbocycles. The van der Waals surface area contributed by atoms with Crippen molar-refractivity contribution in [3.63, 3.8) is 0 Å². The highest BCUT2D eigenvalue weighted by molar-refractivity contribution is 5.79. The minimum atomic E-state index is -4.55. The first kappa shape index (κ1) is 16.7. The van der Waals surface area contributed by atoms with Gasteiger partial charge in [0.15, 0.2) is 0 Å². The second-order valence-corrected chi connectivity index (χ2v) is 4.59. The summed E-state index contributed by atoms with van der Waals surface area (Å²) in [6, 6.07) is 0. The molecule has 2 N–H and O–H groups in total. The van der Waals surface area contributed by atoms with Gasteiger partial charge in [0.05, 0.1) is 25.7 Å². The minimum Gasteiger partial charge on any atom is -0.480 e. The number of carbonyl (C=O) groups excluding carboxylic acids is 1. The largest absolute Gasteiger partial charge is 0.480 e. The van der Waals surface area contributed by atoms with E-state index in [4.69, 9.17) is 9.84 Å². The predicted molar refractivity (Wildman–Crippen MR) is 62.1 cm³/mol. The fraction of sp³-hybridized carbons (Fsp3) is 0.818. The van der Waals surface area contributed by atoms with Crippen LogP contribution in [0.4, 0.5) is 13.2 Å². The molecule has 1 fully saturated rings. The molecule has 0 aromatic heterocycles. The monoisotopic (exact) mass is 298 g/mol. The lowest BCUT2D eigenvalue weighted by molar-refractivity contribution is -0.155. The van der Waals surface area contributed by atoms with E-state index in [-0.39, 0.29) is 12.6 Å². The summed E-state index contributed by atoms with van der Waals surface area (Å²) in [6.07, 6.45) is -2.99. The molecule has 20 heavy (non-hydrogen) atoms. The van der Waals surface area contributed by atoms with Crippen LogP contribution in [0.1, 0.15) is 12.8 Å². The van der Waals surface area contributed by atoms with E-state index in [1.165, 1.54) is 0 Å². The molecule has 0 aromatic rings. The van der Waals surface area contributed by atoms with Crippen molar-refractivity contribution >= 4 is 11.9 Å². The first-order valence-electron chi connectivity index (χ1n) is 6.15. The Morgan fingerprint density at radius 2 is 2.05 bits per heavy atom. The second kappa shape index (κ2) is 7.44. The quantitative estimate of drug-likeness (QED) is 0.703. The fourth-order valence-electron chi connectivity index (χ4n) is 1.90. The highest BCUT2D eigenvalue weighted by Crippen LogP contribution is 2.16. The van der Waals surface area contributed by atoms with Crippen molar-refractivity contribution in [1.82, 2.24) is 10.2 Å². The molecule has 1 aliphatic rings. The molecule has 1 rings (SSSR count). The first-order chi connectivity index (χ1) is 9.26. The first-order valence-corrected chi connectivity index (χ1v) is 6.15. The van der Waals surface area contributed by atoms with Crippen LogP contribution in [0.5, 0.6) is 0 Å². The van der Waals surface area contributed by atoms with E-state index in [9.17, 15) is 22.8 Å². The van der Waals surface area contributed by atoms with Crippen molar-refractivity contribution in [2.75, 3.05) is 32.8 Å². The third-order valence-electron chi connectivity index (χ3n) is 2.68. The number of carboxylic acid groups (broad SMARTS) is 1. The molecular formula is C11H17F3N2O4. The molecule has 0 aliphatic carbocycles. The average Bonchev–Trinajstić information content (AvgIpc) is 2.75. The Bertz CT molecular complexity index is 343. The summed E-state index contributed by atoms with van der Waals surface area (Å²) in [7, 11) is 0. The lowest BCUT2D eigenvalue weighted by Crippen LogP contribution is -2.45. The maximum absolute atomic E-state index is 12.3. The van der Waals surface area contributed by atoms with E-state index >= 15 is 0 Å². The van der Waals surface area contributed by atoms with Gasteiger partial charge in [0, 0.05) is 13.2 Å². The van der Waals surface area contributed by atoms with Crippen molar-refractivity contribution < 1.29 is 32.6 Å². The van der Waals surface area contributed by atoms with E-state index in [2.05, 4.69) is 5.32 Å². The third-order valence-corrected chi connectivity index (χ3v) is 2.68. The normalized spacial score (nSPS) is 19.3. The molecule has 1 atom stereocenters. The summed E-state index contributed by atoms with van der Waals surface area (Å²) in [5.41, 5.74) is 0. The lowest BCUT2D eigenvalue weighted by Gasteiger charge is -2.21. The number of aliphatic carboxylic acids is 1. The molecule has 1 unspecified atom stereocenters. The molecule has 0 aromatic carbocycles. The van der Waals surface area contributed by atoms with E-state index < -0.39 is 37.7 Å². The smallest absolute Gasteiger partial charge is 0.401 e. The summed E-state index contributed by atoms with van der Waals surface area (Å²) >= 11 is 0. The number of carbonyl (C=O) groups is 2. The molecular weight excluding hydrogens is 281 g/mol. The van der Waals surface area contributed by atoms with Crippen LogP contribution in [0.3, 0.4) is 0 Å². The maximum Gasteiger partial charge on any atom is 0.401 e. The Balaban J connectivity index is 2.37. The lowest BCUT2D eigenvalue weighted by atomic mass is 10.2. The minimum absolute atomic E-state index is 0.116. The molecule has 9 heteroatoms. The Morgan fingerprint density at radius 1 is 1.35 bits per heavy atom. The molecule has 0 bridgehead atoms. The number of ether oxygens (including phenoxy) is 1. The summed E-state index contributed by atoms with van der Waals surface area (Å²) in [5, 5.41) is 11.0. The number of halogens is 3. The zero-order valence-corrected chi connectivity index (χ0v) is 10.8. The summed E-state index contributed by atoms with van der Waals surface area (Å²) in [6.45, 7) is -2.05. The highest BCUT2D eigenvalue weighted by atomic mass is 19.4. The number of alkyl halides is 3. The molecule has 0 spiro atoms. The SMILES string of the molecule is O=C(O)CN(CC(=O)NCC1CCCO1)CC(F)(F)F. The number of nitrogens with one attached hydrogen (secondary N) is 1. The number of amides is 1. The highest BCUT2D eigenvalue weighted by Gasteiger charge is 2.32. The van der Waals surface area contributed by atoms with Gasteiger partial charge in [0.1, 0.15) is 0 Å². The van der Waals surface area contributed by atoms with Crippen LogP contribution in [0.15, 0.2) is 0 Å². The molecule has 1 saturated heterocycles. The van der Waals surface area contributed by atoms with Gasteiger partial charge in [-0.1, -0.05) is 0 Å². The van der Waals surface area contributed by atoms with Gasteiger partial charge in [0.25, 0.3) is 0 Å². The van der Waals surface area contributed by atoms with Gasteiger partial charge in [-0.3, -0.25) is 14.5 Å². The molecule has 1 heterocycles. The van der Waals surface area contributed by atoms with Gasteiger partial charge in [0.2, 0.25) is 5.91 Å². The van der Waals surface area contributed by atoms with E-state index in [1.807, 2.05) is 0 Å². The van der Waals surface area contributed by atoms with Gasteiger partial charge < -0.3 is 15.2 Å². The van der Waals surface area contributed by atoms with E-state index in [1.54, 1.807) is 0 Å². The van der Waals surface area contributed by atoms with Gasteiger partial charge in [-0.15, -0.1) is 0 Å². The van der Waals surface area contributed by atoms with E-state index in [0.717, 1.165) is 12.8 Å². The molecule has 1 amide bonds. The molecule has 116 valence electrons. The van der Waals surface area contributed by atoms with Crippen LogP contribution in [-0.2, 0) is 14.3 Å². The molecule has 6 nitrogen and oxygen atoms in total. The van der Waals surface area contributed by atoms with Crippen LogP contribution in [0.25, 0.3) is 0 Å². The number of hydrogen-bond acceptors (Lipinski definition) is 4. The number of carboxylic acids is 1. The maximum atomic E-state index is 12.3. The van der Waals surface area contributed by atoms with Crippen LogP contribution < -0.4 is 5.32 Å². The standard InChI is InChI=1S/C11H17F3N2O4/c12-11(13,14)7-16(6-10(18)19)5-9(17)15-4-8-2-1-3-20-8/h8H,1-7H2,(H,15,17)(H,18,19). The fourth-order valence-corrected chi connectivity index (χ4v) is 1.90. The predicted octanol–water partition coefficient (Wildman–Crippen LogP) is 0.230. The van der Waals surface area contributed by atoms with Crippen molar-refractivity contribution in [3.05, 3.63) is 0 Å². The Morgan fingerprint density at radius 3 is 2.55 bits per heavy atom.